The van der Waals surface area contributed by atoms with Gasteiger partial charge in [0.2, 0.25) is 0 Å². The van der Waals surface area contributed by atoms with Crippen LogP contribution in [-0.2, 0) is 6.42 Å². The molecule has 1 atom stereocenters. The highest BCUT2D eigenvalue weighted by molar-refractivity contribution is 7.09. The number of nitrogens with one attached hydrogen (secondary N) is 1. The van der Waals surface area contributed by atoms with Crippen LogP contribution in [0.25, 0.3) is 0 Å². The first-order valence-electron chi connectivity index (χ1n) is 6.17. The smallest absolute Gasteiger partial charge is 0.106 e. The lowest BCUT2D eigenvalue weighted by Crippen LogP contribution is -2.20. The molecule has 0 aliphatic heterocycles. The molecule has 0 amide bonds. The second-order valence-corrected chi connectivity index (χ2v) is 5.62. The second-order valence-electron chi connectivity index (χ2n) is 4.68. The first-order chi connectivity index (χ1) is 8.52. The summed E-state index contributed by atoms with van der Waals surface area (Å²) in [5.74, 6) is 2.02. The summed E-state index contributed by atoms with van der Waals surface area (Å²) in [4.78, 5) is 4.54. The van der Waals surface area contributed by atoms with Crippen molar-refractivity contribution in [1.29, 1.82) is 0 Å². The molecule has 0 bridgehead atoms. The molecule has 0 fully saturated rings. The Balaban J connectivity index is 2.28. The van der Waals surface area contributed by atoms with Crippen molar-refractivity contribution < 1.29 is 4.42 Å². The molecule has 0 spiro atoms. The molecule has 0 saturated heterocycles. The van der Waals surface area contributed by atoms with Crippen LogP contribution in [0.4, 0.5) is 0 Å². The van der Waals surface area contributed by atoms with Crippen LogP contribution in [0.1, 0.15) is 39.4 Å². The highest BCUT2D eigenvalue weighted by Crippen LogP contribution is 2.29. The fourth-order valence-electron chi connectivity index (χ4n) is 2.34. The Morgan fingerprint density at radius 2 is 2.00 bits per heavy atom. The van der Waals surface area contributed by atoms with E-state index in [1.165, 1.54) is 16.1 Å². The number of likely N-dealkylation sites (N-methyl/N-ethyl adjacent to an activating group) is 1. The number of nitrogens with zero attached hydrogens (tertiary/aromatic N) is 1. The molecule has 1 unspecified atom stereocenters. The normalized spacial score (nSPS) is 12.9. The quantitative estimate of drug-likeness (QED) is 0.919. The van der Waals surface area contributed by atoms with Crippen LogP contribution in [0.15, 0.2) is 9.80 Å². The zero-order valence-electron chi connectivity index (χ0n) is 11.6. The van der Waals surface area contributed by atoms with E-state index in [0.29, 0.717) is 0 Å². The molecule has 98 valence electrons. The Morgan fingerprint density at radius 3 is 2.44 bits per heavy atom. The molecule has 0 radical (unpaired) electrons. The molecular weight excluding hydrogens is 244 g/mol. The van der Waals surface area contributed by atoms with Gasteiger partial charge in [-0.15, -0.1) is 11.3 Å². The first kappa shape index (κ1) is 13.3. The molecule has 3 nitrogen and oxygen atoms in total. The number of hydrogen-bond donors (Lipinski definition) is 1. The molecule has 2 aromatic heterocycles. The molecule has 2 heterocycles. The van der Waals surface area contributed by atoms with Crippen molar-refractivity contribution in [3.63, 3.8) is 0 Å². The minimum absolute atomic E-state index is 0.271. The molecule has 18 heavy (non-hydrogen) atoms. The fourth-order valence-corrected chi connectivity index (χ4v) is 3.16. The van der Waals surface area contributed by atoms with E-state index in [1.54, 1.807) is 11.3 Å². The predicted octanol–water partition coefficient (Wildman–Crippen LogP) is 3.47. The lowest BCUT2D eigenvalue weighted by molar-refractivity contribution is 0.489. The van der Waals surface area contributed by atoms with E-state index in [2.05, 4.69) is 22.6 Å². The Kier molecular flexibility index (Phi) is 3.88. The summed E-state index contributed by atoms with van der Waals surface area (Å²) in [5, 5.41) is 6.65. The second kappa shape index (κ2) is 5.24. The Bertz CT molecular complexity index is 542. The minimum atomic E-state index is 0.271. The number of aryl methyl sites for hydroxylation is 3. The van der Waals surface area contributed by atoms with Gasteiger partial charge in [-0.3, -0.25) is 0 Å². The lowest BCUT2D eigenvalue weighted by atomic mass is 10.00. The zero-order chi connectivity index (χ0) is 13.3. The Hall–Kier alpha value is -1.13. The van der Waals surface area contributed by atoms with Gasteiger partial charge in [-0.1, -0.05) is 0 Å². The van der Waals surface area contributed by atoms with E-state index in [9.17, 15) is 0 Å². The SMILES string of the molecule is CNC(Cc1nc(C)cs1)c1c(C)oc(C)c1C. The molecule has 0 aliphatic rings. The highest BCUT2D eigenvalue weighted by Gasteiger charge is 2.21. The standard InChI is InChI=1S/C14H20N2OS/c1-8-7-18-13(16-8)6-12(15-5)14-9(2)10(3)17-11(14)4/h7,12,15H,6H2,1-5H3. The maximum absolute atomic E-state index is 5.71. The maximum Gasteiger partial charge on any atom is 0.106 e. The highest BCUT2D eigenvalue weighted by atomic mass is 32.1. The number of furan rings is 1. The van der Waals surface area contributed by atoms with Gasteiger partial charge in [0, 0.05) is 29.1 Å². The third kappa shape index (κ3) is 2.49. The number of hydrogen-bond acceptors (Lipinski definition) is 4. The van der Waals surface area contributed by atoms with E-state index in [-0.39, 0.29) is 6.04 Å². The number of aromatic nitrogens is 1. The van der Waals surface area contributed by atoms with Gasteiger partial charge in [-0.05, 0) is 40.3 Å². The van der Waals surface area contributed by atoms with Gasteiger partial charge >= 0.3 is 0 Å². The minimum Gasteiger partial charge on any atom is -0.466 e. The zero-order valence-corrected chi connectivity index (χ0v) is 12.4. The lowest BCUT2D eigenvalue weighted by Gasteiger charge is -2.15. The molecule has 1 N–H and O–H groups in total. The van der Waals surface area contributed by atoms with Crippen LogP contribution in [-0.4, -0.2) is 12.0 Å². The van der Waals surface area contributed by atoms with Gasteiger partial charge in [-0.2, -0.15) is 0 Å². The Labute approximate surface area is 112 Å². The Morgan fingerprint density at radius 1 is 1.28 bits per heavy atom. The summed E-state index contributed by atoms with van der Waals surface area (Å²) < 4.78 is 5.71. The van der Waals surface area contributed by atoms with E-state index in [1.807, 2.05) is 27.8 Å². The van der Waals surface area contributed by atoms with Crippen molar-refractivity contribution in [2.45, 2.75) is 40.2 Å². The summed E-state index contributed by atoms with van der Waals surface area (Å²) in [6.07, 6.45) is 0.912. The summed E-state index contributed by atoms with van der Waals surface area (Å²) in [6.45, 7) is 8.21. The number of thiazole rings is 1. The average molecular weight is 264 g/mol. The average Bonchev–Trinajstić information content (AvgIpc) is 2.82. The number of rotatable bonds is 4. The maximum atomic E-state index is 5.71. The summed E-state index contributed by atoms with van der Waals surface area (Å²) in [6, 6.07) is 0.271. The van der Waals surface area contributed by atoms with Crippen LogP contribution < -0.4 is 5.32 Å². The van der Waals surface area contributed by atoms with E-state index < -0.39 is 0 Å². The van der Waals surface area contributed by atoms with Crippen molar-refractivity contribution in [3.8, 4) is 0 Å². The van der Waals surface area contributed by atoms with Crippen molar-refractivity contribution in [3.05, 3.63) is 38.7 Å². The van der Waals surface area contributed by atoms with Crippen molar-refractivity contribution in [2.24, 2.45) is 0 Å². The molecule has 4 heteroatoms. The molecule has 2 rings (SSSR count). The van der Waals surface area contributed by atoms with E-state index in [4.69, 9.17) is 4.42 Å². The van der Waals surface area contributed by atoms with Gasteiger partial charge in [0.25, 0.3) is 0 Å². The van der Waals surface area contributed by atoms with Gasteiger partial charge in [-0.25, -0.2) is 4.98 Å². The van der Waals surface area contributed by atoms with Crippen LogP contribution in [0.2, 0.25) is 0 Å². The first-order valence-corrected chi connectivity index (χ1v) is 7.05. The van der Waals surface area contributed by atoms with Crippen LogP contribution in [0, 0.1) is 27.7 Å². The van der Waals surface area contributed by atoms with Crippen molar-refractivity contribution in [2.75, 3.05) is 7.05 Å². The van der Waals surface area contributed by atoms with E-state index >= 15 is 0 Å². The fraction of sp³-hybridized carbons (Fsp3) is 0.500. The molecule has 0 aliphatic carbocycles. The topological polar surface area (TPSA) is 38.1 Å². The summed E-state index contributed by atoms with van der Waals surface area (Å²) >= 11 is 1.72. The van der Waals surface area contributed by atoms with Gasteiger partial charge < -0.3 is 9.73 Å². The van der Waals surface area contributed by atoms with Crippen LogP contribution in [0.5, 0.6) is 0 Å². The predicted molar refractivity (Wildman–Crippen MR) is 75.3 cm³/mol. The largest absolute Gasteiger partial charge is 0.466 e. The third-order valence-electron chi connectivity index (χ3n) is 3.36. The van der Waals surface area contributed by atoms with Crippen LogP contribution in [0.3, 0.4) is 0 Å². The van der Waals surface area contributed by atoms with Crippen LogP contribution >= 0.6 is 11.3 Å². The molecule has 0 saturated carbocycles. The van der Waals surface area contributed by atoms with Gasteiger partial charge in [0.05, 0.1) is 5.01 Å². The third-order valence-corrected chi connectivity index (χ3v) is 4.35. The van der Waals surface area contributed by atoms with Crippen molar-refractivity contribution >= 4 is 11.3 Å². The molecule has 2 aromatic rings. The molecule has 0 aromatic carbocycles. The monoisotopic (exact) mass is 264 g/mol. The van der Waals surface area contributed by atoms with Gasteiger partial charge in [0.15, 0.2) is 0 Å². The van der Waals surface area contributed by atoms with E-state index in [0.717, 1.165) is 23.6 Å². The van der Waals surface area contributed by atoms with Gasteiger partial charge in [0.1, 0.15) is 11.5 Å². The van der Waals surface area contributed by atoms with Crippen molar-refractivity contribution in [1.82, 2.24) is 10.3 Å². The summed E-state index contributed by atoms with van der Waals surface area (Å²) in [5.41, 5.74) is 3.63. The summed E-state index contributed by atoms with van der Waals surface area (Å²) in [7, 11) is 1.99. The molecular formula is C14H20N2OS.